The Labute approximate surface area is 182 Å². The number of nitrogens with zero attached hydrogens (tertiary/aromatic N) is 2. The van der Waals surface area contributed by atoms with Gasteiger partial charge in [0.15, 0.2) is 0 Å². The van der Waals surface area contributed by atoms with Crippen LogP contribution in [0.15, 0.2) is 79.0 Å². The molecule has 2 aromatic carbocycles. The highest BCUT2D eigenvalue weighted by molar-refractivity contribution is 5.93. The summed E-state index contributed by atoms with van der Waals surface area (Å²) in [6, 6.07) is 24.5. The highest BCUT2D eigenvalue weighted by Crippen LogP contribution is 2.27. The van der Waals surface area contributed by atoms with Gasteiger partial charge < -0.3 is 10.3 Å². The average Bonchev–Trinajstić information content (AvgIpc) is 3.25. The number of piperidine rings is 1. The summed E-state index contributed by atoms with van der Waals surface area (Å²) in [6.45, 7) is 2.69. The number of H-pyrrole nitrogens is 1. The van der Waals surface area contributed by atoms with Crippen LogP contribution in [0.4, 0.5) is 5.69 Å². The monoisotopic (exact) mass is 410 g/mol. The molecule has 4 aromatic rings. The van der Waals surface area contributed by atoms with Crippen molar-refractivity contribution in [3.05, 3.63) is 84.7 Å². The van der Waals surface area contributed by atoms with Gasteiger partial charge in [-0.3, -0.25) is 14.7 Å². The number of aromatic nitrogens is 2. The summed E-state index contributed by atoms with van der Waals surface area (Å²) in [7, 11) is 0. The topological polar surface area (TPSA) is 61.0 Å². The molecule has 1 saturated heterocycles. The second kappa shape index (κ2) is 8.74. The van der Waals surface area contributed by atoms with Gasteiger partial charge in [0, 0.05) is 46.5 Å². The van der Waals surface area contributed by atoms with Gasteiger partial charge in [0.2, 0.25) is 5.91 Å². The van der Waals surface area contributed by atoms with Gasteiger partial charge >= 0.3 is 0 Å². The van der Waals surface area contributed by atoms with Crippen LogP contribution in [0.25, 0.3) is 22.2 Å². The molecule has 5 heteroatoms. The van der Waals surface area contributed by atoms with Gasteiger partial charge in [-0.05, 0) is 62.3 Å². The van der Waals surface area contributed by atoms with E-state index in [-0.39, 0.29) is 11.8 Å². The molecule has 2 N–H and O–H groups in total. The third kappa shape index (κ3) is 4.52. The van der Waals surface area contributed by atoms with E-state index in [0.29, 0.717) is 0 Å². The summed E-state index contributed by atoms with van der Waals surface area (Å²) in [5.41, 5.74) is 5.17. The Balaban J connectivity index is 1.20. The van der Waals surface area contributed by atoms with E-state index in [1.54, 1.807) is 0 Å². The van der Waals surface area contributed by atoms with Crippen LogP contribution in [0.2, 0.25) is 0 Å². The maximum Gasteiger partial charge on any atom is 0.227 e. The van der Waals surface area contributed by atoms with Crippen molar-refractivity contribution in [1.29, 1.82) is 0 Å². The number of anilines is 1. The maximum absolute atomic E-state index is 12.9. The van der Waals surface area contributed by atoms with E-state index in [1.165, 1.54) is 5.39 Å². The minimum absolute atomic E-state index is 0.0525. The van der Waals surface area contributed by atoms with Gasteiger partial charge in [-0.25, -0.2) is 0 Å². The van der Waals surface area contributed by atoms with E-state index in [0.717, 1.165) is 60.6 Å². The largest absolute Gasteiger partial charge is 0.355 e. The van der Waals surface area contributed by atoms with Crippen molar-refractivity contribution in [3.63, 3.8) is 0 Å². The number of rotatable bonds is 5. The van der Waals surface area contributed by atoms with Crippen molar-refractivity contribution in [1.82, 2.24) is 14.9 Å². The highest BCUT2D eigenvalue weighted by atomic mass is 16.1. The first-order valence-electron chi connectivity index (χ1n) is 10.9. The van der Waals surface area contributed by atoms with Gasteiger partial charge in [0.05, 0.1) is 5.69 Å². The van der Waals surface area contributed by atoms with Gasteiger partial charge in [0.1, 0.15) is 0 Å². The van der Waals surface area contributed by atoms with Crippen LogP contribution in [0, 0.1) is 5.92 Å². The van der Waals surface area contributed by atoms with E-state index in [1.807, 2.05) is 48.7 Å². The van der Waals surface area contributed by atoms with Crippen LogP contribution in [-0.4, -0.2) is 33.9 Å². The van der Waals surface area contributed by atoms with Crippen molar-refractivity contribution in [3.8, 4) is 11.3 Å². The third-order valence-corrected chi connectivity index (χ3v) is 6.04. The van der Waals surface area contributed by atoms with E-state index in [2.05, 4.69) is 50.5 Å². The smallest absolute Gasteiger partial charge is 0.227 e. The van der Waals surface area contributed by atoms with Gasteiger partial charge in [-0.15, -0.1) is 0 Å². The van der Waals surface area contributed by atoms with E-state index < -0.39 is 0 Å². The molecule has 1 aliphatic heterocycles. The third-order valence-electron chi connectivity index (χ3n) is 6.04. The normalized spacial score (nSPS) is 15.2. The zero-order chi connectivity index (χ0) is 21.0. The van der Waals surface area contributed by atoms with E-state index >= 15 is 0 Å². The number of pyridine rings is 1. The second-order valence-electron chi connectivity index (χ2n) is 8.21. The number of aromatic amines is 1. The van der Waals surface area contributed by atoms with Crippen molar-refractivity contribution in [2.45, 2.75) is 19.4 Å². The van der Waals surface area contributed by atoms with E-state index in [4.69, 9.17) is 0 Å². The molecule has 0 aliphatic carbocycles. The molecule has 31 heavy (non-hydrogen) atoms. The Kier molecular flexibility index (Phi) is 5.50. The first-order valence-corrected chi connectivity index (χ1v) is 10.9. The minimum atomic E-state index is 0.0525. The van der Waals surface area contributed by atoms with Gasteiger partial charge in [0.25, 0.3) is 0 Å². The molecule has 0 atom stereocenters. The fourth-order valence-electron chi connectivity index (χ4n) is 4.31. The molecule has 2 aromatic heterocycles. The number of likely N-dealkylation sites (tertiary alicyclic amines) is 1. The molecule has 3 heterocycles. The molecule has 0 saturated carbocycles. The Hall–Kier alpha value is -3.44. The fourth-order valence-corrected chi connectivity index (χ4v) is 4.31. The lowest BCUT2D eigenvalue weighted by Gasteiger charge is -2.31. The predicted molar refractivity (Wildman–Crippen MR) is 125 cm³/mol. The molecule has 1 aliphatic rings. The number of carbonyl (C=O) groups excluding carboxylic acids is 1. The van der Waals surface area contributed by atoms with Gasteiger partial charge in [-0.2, -0.15) is 0 Å². The quantitative estimate of drug-likeness (QED) is 0.482. The number of fused-ring (bicyclic) bond motifs is 1. The Morgan fingerprint density at radius 1 is 1.00 bits per heavy atom. The zero-order valence-corrected chi connectivity index (χ0v) is 17.4. The molecule has 0 bridgehead atoms. The average molecular weight is 411 g/mol. The van der Waals surface area contributed by atoms with Crippen molar-refractivity contribution < 1.29 is 4.79 Å². The summed E-state index contributed by atoms with van der Waals surface area (Å²) in [5, 5.41) is 4.32. The zero-order valence-electron chi connectivity index (χ0n) is 17.4. The molecule has 156 valence electrons. The van der Waals surface area contributed by atoms with Crippen molar-refractivity contribution >= 4 is 22.5 Å². The van der Waals surface area contributed by atoms with Crippen LogP contribution in [0.5, 0.6) is 0 Å². The van der Waals surface area contributed by atoms with Crippen molar-refractivity contribution in [2.75, 3.05) is 18.4 Å². The van der Waals surface area contributed by atoms with Crippen LogP contribution >= 0.6 is 0 Å². The SMILES string of the molecule is O=C(Nc1cccc(-c2cc3ccccc3[nH]2)c1)C1CCN(Cc2ccccn2)CC1. The molecule has 0 unspecified atom stereocenters. The van der Waals surface area contributed by atoms with E-state index in [9.17, 15) is 4.79 Å². The molecule has 0 radical (unpaired) electrons. The Morgan fingerprint density at radius 3 is 2.65 bits per heavy atom. The molecule has 0 spiro atoms. The molecule has 5 nitrogen and oxygen atoms in total. The highest BCUT2D eigenvalue weighted by Gasteiger charge is 2.25. The van der Waals surface area contributed by atoms with Crippen LogP contribution in [-0.2, 0) is 11.3 Å². The number of hydrogen-bond acceptors (Lipinski definition) is 3. The van der Waals surface area contributed by atoms with Crippen LogP contribution < -0.4 is 5.32 Å². The molecule has 1 fully saturated rings. The number of nitrogens with one attached hydrogen (secondary N) is 2. The molecule has 1 amide bonds. The summed E-state index contributed by atoms with van der Waals surface area (Å²) in [6.07, 6.45) is 3.58. The number of amides is 1. The van der Waals surface area contributed by atoms with Crippen LogP contribution in [0.3, 0.4) is 0 Å². The maximum atomic E-state index is 12.9. The summed E-state index contributed by atoms with van der Waals surface area (Å²) in [5.74, 6) is 0.169. The number of hydrogen-bond donors (Lipinski definition) is 2. The minimum Gasteiger partial charge on any atom is -0.355 e. The molecule has 5 rings (SSSR count). The lowest BCUT2D eigenvalue weighted by Crippen LogP contribution is -2.37. The number of carbonyl (C=O) groups is 1. The molecular formula is C26H26N4O. The second-order valence-corrected chi connectivity index (χ2v) is 8.21. The van der Waals surface area contributed by atoms with Gasteiger partial charge in [-0.1, -0.05) is 36.4 Å². The van der Waals surface area contributed by atoms with Crippen molar-refractivity contribution in [2.24, 2.45) is 5.92 Å². The summed E-state index contributed by atoms with van der Waals surface area (Å²) < 4.78 is 0. The number of benzene rings is 2. The first-order chi connectivity index (χ1) is 15.2. The summed E-state index contributed by atoms with van der Waals surface area (Å²) in [4.78, 5) is 23.1. The van der Waals surface area contributed by atoms with Crippen LogP contribution in [0.1, 0.15) is 18.5 Å². The fraction of sp³-hybridized carbons (Fsp3) is 0.231. The predicted octanol–water partition coefficient (Wildman–Crippen LogP) is 5.08. The standard InChI is InChI=1S/C26H26N4O/c31-26(19-11-14-30(15-12-19)18-23-8-3-4-13-27-23)28-22-9-5-7-20(16-22)25-17-21-6-1-2-10-24(21)29-25/h1-10,13,16-17,19,29H,11-12,14-15,18H2,(H,28,31). The lowest BCUT2D eigenvalue weighted by molar-refractivity contribution is -0.121. The molecular weight excluding hydrogens is 384 g/mol. The Bertz CT molecular complexity index is 1140. The number of para-hydroxylation sites is 1. The Morgan fingerprint density at radius 2 is 1.84 bits per heavy atom. The summed E-state index contributed by atoms with van der Waals surface area (Å²) >= 11 is 0. The first kappa shape index (κ1) is 19.5. The lowest BCUT2D eigenvalue weighted by atomic mass is 9.95.